The van der Waals surface area contributed by atoms with Crippen molar-refractivity contribution in [3.63, 3.8) is 0 Å². The first kappa shape index (κ1) is 15.1. The van der Waals surface area contributed by atoms with Crippen LogP contribution in [0.2, 0.25) is 0 Å². The van der Waals surface area contributed by atoms with Crippen molar-refractivity contribution < 1.29 is 9.59 Å². The van der Waals surface area contributed by atoms with Crippen molar-refractivity contribution >= 4 is 33.1 Å². The molecular formula is C16H18N2O3S. The Morgan fingerprint density at radius 3 is 2.68 bits per heavy atom. The highest BCUT2D eigenvalue weighted by molar-refractivity contribution is 7.18. The maximum absolute atomic E-state index is 12.8. The predicted molar refractivity (Wildman–Crippen MR) is 85.5 cm³/mol. The highest BCUT2D eigenvalue weighted by Crippen LogP contribution is 2.35. The van der Waals surface area contributed by atoms with Gasteiger partial charge in [0.1, 0.15) is 11.2 Å². The molecule has 116 valence electrons. The maximum atomic E-state index is 12.8. The van der Waals surface area contributed by atoms with Gasteiger partial charge < -0.3 is 0 Å². The van der Waals surface area contributed by atoms with Crippen molar-refractivity contribution in [3.05, 3.63) is 27.1 Å². The van der Waals surface area contributed by atoms with Gasteiger partial charge in [0.25, 0.3) is 5.56 Å². The van der Waals surface area contributed by atoms with E-state index in [1.165, 1.54) is 29.6 Å². The van der Waals surface area contributed by atoms with E-state index in [1.54, 1.807) is 11.3 Å². The van der Waals surface area contributed by atoms with Crippen LogP contribution in [0.3, 0.4) is 0 Å². The number of hydrogen-bond donors (Lipinski definition) is 0. The molecule has 0 saturated heterocycles. The summed E-state index contributed by atoms with van der Waals surface area (Å²) in [5, 5.41) is 0.599. The third-order valence-electron chi connectivity index (χ3n) is 4.29. The van der Waals surface area contributed by atoms with Gasteiger partial charge in [0.2, 0.25) is 0 Å². The summed E-state index contributed by atoms with van der Waals surface area (Å²) < 4.78 is 1.19. The number of hydrogen-bond acceptors (Lipinski definition) is 5. The van der Waals surface area contributed by atoms with Gasteiger partial charge in [-0.05, 0) is 44.6 Å². The number of nitrogens with zero attached hydrogens (tertiary/aromatic N) is 2. The van der Waals surface area contributed by atoms with Gasteiger partial charge in [-0.3, -0.25) is 19.0 Å². The second-order valence-electron chi connectivity index (χ2n) is 6.11. The van der Waals surface area contributed by atoms with Gasteiger partial charge >= 0.3 is 0 Å². The summed E-state index contributed by atoms with van der Waals surface area (Å²) in [7, 11) is 0. The summed E-state index contributed by atoms with van der Waals surface area (Å²) in [6, 6.07) is -1.07. The minimum Gasteiger partial charge on any atom is -0.297 e. The van der Waals surface area contributed by atoms with E-state index in [2.05, 4.69) is 11.9 Å². The SMILES string of the molecule is CC(=O)C(C(C)=O)n1cnc2sc3c(c2c1=O)CCC(C)C3. The van der Waals surface area contributed by atoms with Crippen LogP contribution >= 0.6 is 11.3 Å². The van der Waals surface area contributed by atoms with E-state index in [9.17, 15) is 14.4 Å². The average molecular weight is 318 g/mol. The highest BCUT2D eigenvalue weighted by Gasteiger charge is 2.27. The summed E-state index contributed by atoms with van der Waals surface area (Å²) in [4.78, 5) is 42.6. The van der Waals surface area contributed by atoms with Gasteiger partial charge in [-0.1, -0.05) is 6.92 Å². The summed E-state index contributed by atoms with van der Waals surface area (Å²) in [5.74, 6) is -0.0630. The van der Waals surface area contributed by atoms with Crippen molar-refractivity contribution in [1.82, 2.24) is 9.55 Å². The number of ketones is 2. The Bertz CT molecular complexity index is 820. The minimum atomic E-state index is -1.07. The number of carbonyl (C=O) groups is 2. The van der Waals surface area contributed by atoms with E-state index >= 15 is 0 Å². The van der Waals surface area contributed by atoms with E-state index < -0.39 is 6.04 Å². The van der Waals surface area contributed by atoms with Crippen LogP contribution in [0.25, 0.3) is 10.2 Å². The summed E-state index contributed by atoms with van der Waals surface area (Å²) >= 11 is 1.56. The standard InChI is InChI=1S/C16H18N2O3S/c1-8-4-5-11-12(6-8)22-15-13(11)16(21)18(7-17-15)14(9(2)19)10(3)20/h7-8,14H,4-6H2,1-3H3. The van der Waals surface area contributed by atoms with Crippen molar-refractivity contribution in [2.75, 3.05) is 0 Å². The van der Waals surface area contributed by atoms with Crippen LogP contribution in [0, 0.1) is 5.92 Å². The number of rotatable bonds is 3. The molecule has 0 aromatic carbocycles. The monoisotopic (exact) mass is 318 g/mol. The van der Waals surface area contributed by atoms with Crippen LogP contribution in [0.5, 0.6) is 0 Å². The van der Waals surface area contributed by atoms with E-state index in [4.69, 9.17) is 0 Å². The zero-order valence-electron chi connectivity index (χ0n) is 12.9. The number of aryl methyl sites for hydroxylation is 1. The highest BCUT2D eigenvalue weighted by atomic mass is 32.1. The molecule has 5 nitrogen and oxygen atoms in total. The number of fused-ring (bicyclic) bond motifs is 3. The zero-order chi connectivity index (χ0) is 16.0. The van der Waals surface area contributed by atoms with Gasteiger partial charge in [-0.25, -0.2) is 4.98 Å². The fourth-order valence-electron chi connectivity index (χ4n) is 3.21. The van der Waals surface area contributed by atoms with E-state index in [-0.39, 0.29) is 17.1 Å². The van der Waals surface area contributed by atoms with Crippen LogP contribution < -0.4 is 5.56 Å². The Labute approximate surface area is 132 Å². The molecule has 3 rings (SSSR count). The molecule has 0 radical (unpaired) electrons. The van der Waals surface area contributed by atoms with Crippen molar-refractivity contribution in [3.8, 4) is 0 Å². The Balaban J connectivity index is 2.24. The third kappa shape index (κ3) is 2.31. The molecule has 2 aromatic heterocycles. The van der Waals surface area contributed by atoms with E-state index in [0.717, 1.165) is 24.8 Å². The van der Waals surface area contributed by atoms with E-state index in [0.29, 0.717) is 16.1 Å². The molecule has 1 unspecified atom stereocenters. The second kappa shape index (κ2) is 5.43. The van der Waals surface area contributed by atoms with Crippen LogP contribution in [0.1, 0.15) is 43.7 Å². The van der Waals surface area contributed by atoms with Crippen LogP contribution in [0.4, 0.5) is 0 Å². The lowest BCUT2D eigenvalue weighted by Gasteiger charge is -2.18. The maximum Gasteiger partial charge on any atom is 0.263 e. The molecule has 0 bridgehead atoms. The lowest BCUT2D eigenvalue weighted by Crippen LogP contribution is -2.33. The molecular weight excluding hydrogens is 300 g/mol. The number of aromatic nitrogens is 2. The third-order valence-corrected chi connectivity index (χ3v) is 5.45. The molecule has 0 amide bonds. The molecule has 1 aliphatic rings. The second-order valence-corrected chi connectivity index (χ2v) is 7.20. The van der Waals surface area contributed by atoms with Gasteiger partial charge in [-0.2, -0.15) is 0 Å². The molecule has 0 aliphatic heterocycles. The topological polar surface area (TPSA) is 69.0 Å². The lowest BCUT2D eigenvalue weighted by atomic mass is 9.89. The summed E-state index contributed by atoms with van der Waals surface area (Å²) in [5.41, 5.74) is 0.795. The molecule has 6 heteroatoms. The largest absolute Gasteiger partial charge is 0.297 e. The van der Waals surface area contributed by atoms with Crippen molar-refractivity contribution in [2.45, 2.75) is 46.1 Å². The summed E-state index contributed by atoms with van der Waals surface area (Å²) in [6.45, 7) is 4.86. The van der Waals surface area contributed by atoms with Gasteiger partial charge in [0, 0.05) is 4.88 Å². The molecule has 1 aliphatic carbocycles. The molecule has 0 spiro atoms. The molecule has 2 heterocycles. The first-order valence-electron chi connectivity index (χ1n) is 7.42. The van der Waals surface area contributed by atoms with Crippen LogP contribution in [-0.2, 0) is 22.4 Å². The number of Topliss-reactive ketones (excluding diaryl/α,β-unsaturated/α-hetero) is 2. The minimum absolute atomic E-state index is 0.271. The van der Waals surface area contributed by atoms with Crippen molar-refractivity contribution in [1.29, 1.82) is 0 Å². The van der Waals surface area contributed by atoms with Crippen molar-refractivity contribution in [2.24, 2.45) is 5.92 Å². The molecule has 0 N–H and O–H groups in total. The van der Waals surface area contributed by atoms with Gasteiger partial charge in [0.05, 0.1) is 5.39 Å². The van der Waals surface area contributed by atoms with Gasteiger partial charge in [-0.15, -0.1) is 11.3 Å². The molecule has 0 saturated carbocycles. The summed E-state index contributed by atoms with van der Waals surface area (Å²) in [6.07, 6.45) is 4.22. The van der Waals surface area contributed by atoms with Crippen LogP contribution in [-0.4, -0.2) is 21.1 Å². The fraction of sp³-hybridized carbons (Fsp3) is 0.500. The van der Waals surface area contributed by atoms with Gasteiger partial charge in [0.15, 0.2) is 17.6 Å². The predicted octanol–water partition coefficient (Wildman–Crippen LogP) is 2.30. The quantitative estimate of drug-likeness (QED) is 0.814. The lowest BCUT2D eigenvalue weighted by molar-refractivity contribution is -0.129. The van der Waals surface area contributed by atoms with E-state index in [1.807, 2.05) is 0 Å². The molecule has 0 fully saturated rings. The Morgan fingerprint density at radius 2 is 2.05 bits per heavy atom. The molecule has 1 atom stereocenters. The first-order chi connectivity index (χ1) is 10.4. The van der Waals surface area contributed by atoms with Crippen LogP contribution in [0.15, 0.2) is 11.1 Å². The number of carbonyl (C=O) groups excluding carboxylic acids is 2. The first-order valence-corrected chi connectivity index (χ1v) is 8.24. The number of thiophene rings is 1. The normalized spacial score (nSPS) is 17.7. The molecule has 22 heavy (non-hydrogen) atoms. The Morgan fingerprint density at radius 1 is 1.36 bits per heavy atom. The molecule has 2 aromatic rings. The Hall–Kier alpha value is -1.82. The fourth-order valence-corrected chi connectivity index (χ4v) is 4.55. The Kier molecular flexibility index (Phi) is 3.72. The smallest absolute Gasteiger partial charge is 0.263 e. The zero-order valence-corrected chi connectivity index (χ0v) is 13.7. The average Bonchev–Trinajstić information content (AvgIpc) is 2.78.